The van der Waals surface area contributed by atoms with Crippen LogP contribution in [0.25, 0.3) is 0 Å². The van der Waals surface area contributed by atoms with Crippen LogP contribution in [0.4, 0.5) is 0 Å². The smallest absolute Gasteiger partial charge is 0.330 e. The summed E-state index contributed by atoms with van der Waals surface area (Å²) >= 11 is 0. The zero-order valence-corrected chi connectivity index (χ0v) is 41.9. The Morgan fingerprint density at radius 3 is 1.00 bits per heavy atom. The van der Waals surface area contributed by atoms with Crippen LogP contribution >= 0.6 is 89.6 Å². The van der Waals surface area contributed by atoms with Crippen LogP contribution in [0.5, 0.6) is 0 Å². The van der Waals surface area contributed by atoms with E-state index < -0.39 is 15.2 Å². The van der Waals surface area contributed by atoms with Gasteiger partial charge in [-0.1, -0.05) is 63.8 Å². The van der Waals surface area contributed by atoms with Crippen molar-refractivity contribution in [3.05, 3.63) is 24.3 Å². The fourth-order valence-corrected chi connectivity index (χ4v) is 8.52. The minimum atomic E-state index is -3.30. The number of nitrogens with two attached hydrogens (primary N) is 4. The molecule has 12 nitrogen and oxygen atoms in total. The van der Waals surface area contributed by atoms with E-state index in [-0.39, 0.29) is 74.4 Å². The van der Waals surface area contributed by atoms with Gasteiger partial charge in [0.25, 0.3) is 0 Å². The third kappa shape index (κ3) is 46.6. The molecule has 57 heavy (non-hydrogen) atoms. The van der Waals surface area contributed by atoms with Crippen LogP contribution in [0.15, 0.2) is 24.3 Å². The van der Waals surface area contributed by atoms with Gasteiger partial charge in [0.05, 0.1) is 38.8 Å². The van der Waals surface area contributed by atoms with Crippen LogP contribution in [0.3, 0.4) is 0 Å². The summed E-state index contributed by atoms with van der Waals surface area (Å²) < 4.78 is 51.5. The lowest BCUT2D eigenvalue weighted by Crippen LogP contribution is -2.31. The molecule has 2 atom stereocenters. The highest BCUT2D eigenvalue weighted by molar-refractivity contribution is 7.54. The monoisotopic (exact) mass is 982 g/mol. The van der Waals surface area contributed by atoms with Gasteiger partial charge in [0.15, 0.2) is 0 Å². The summed E-state index contributed by atoms with van der Waals surface area (Å²) in [4.78, 5) is 4.50. The second-order valence-electron chi connectivity index (χ2n) is 13.1. The van der Waals surface area contributed by atoms with E-state index in [4.69, 9.17) is 41.0 Å². The fourth-order valence-electron chi connectivity index (χ4n) is 5.21. The van der Waals surface area contributed by atoms with Crippen LogP contribution in [0, 0.1) is 0 Å². The average molecular weight is 986 g/mol. The number of hydrogen-bond acceptors (Lipinski definition) is 12. The summed E-state index contributed by atoms with van der Waals surface area (Å²) in [7, 11) is -6.60. The first-order chi connectivity index (χ1) is 24.8. The molecule has 0 aliphatic heterocycles. The Morgan fingerprint density at radius 1 is 0.404 bits per heavy atom. The van der Waals surface area contributed by atoms with Gasteiger partial charge in [0.1, 0.15) is 0 Å². The van der Waals surface area contributed by atoms with E-state index in [1.165, 1.54) is 0 Å². The Bertz CT molecular complexity index is 858. The molecular weight excluding hydrogens is 899 g/mol. The maximum Gasteiger partial charge on any atom is 0.331 e. The second-order valence-corrected chi connectivity index (χ2v) is 17.5. The van der Waals surface area contributed by atoms with E-state index in [1.807, 2.05) is 0 Å². The van der Waals surface area contributed by atoms with Crippen molar-refractivity contribution in [3.8, 4) is 0 Å². The van der Waals surface area contributed by atoms with Gasteiger partial charge in [-0.15, -0.1) is 74.4 Å². The molecule has 0 aliphatic carbocycles. The Balaban J connectivity index is -0.000000833. The molecule has 0 radical (unpaired) electrons. The normalized spacial score (nSPS) is 13.2. The maximum absolute atomic E-state index is 13.8. The van der Waals surface area contributed by atoms with Gasteiger partial charge in [0.2, 0.25) is 0 Å². The van der Waals surface area contributed by atoms with Gasteiger partial charge in [-0.05, 0) is 123 Å². The minimum absolute atomic E-state index is 0. The Labute approximate surface area is 386 Å². The lowest BCUT2D eigenvalue weighted by molar-refractivity contribution is 0.188. The molecule has 0 heterocycles. The number of hydrogen-bond donors (Lipinski definition) is 4. The van der Waals surface area contributed by atoms with E-state index >= 15 is 0 Å². The quantitative estimate of drug-likeness (QED) is 0.0260. The fraction of sp³-hybridized carbons (Fsp3) is 0.892. The molecule has 0 rings (SSSR count). The standard InChI is InChI=1S/C37H80N6O6P2.6ClH/c1-3-5-7-9-11-14-32-46-50(44,36-30-42(26-18-22-38)27-19-23-39)48-34-16-13-17-35-49-51(45,47-33-15-12-10-8-6-4-2)37-31-43(28-20-24-40)29-21-25-41;;;;;;/h9-12H,3-8,13-41H2,1-2H3;6*1H/b11-9-,12-10-;;;;;;. The van der Waals surface area contributed by atoms with Crippen molar-refractivity contribution in [2.24, 2.45) is 22.9 Å². The highest BCUT2D eigenvalue weighted by Gasteiger charge is 2.27. The molecule has 0 saturated heterocycles. The Morgan fingerprint density at radius 2 is 0.702 bits per heavy atom. The number of halogens is 6. The van der Waals surface area contributed by atoms with Crippen LogP contribution in [-0.4, -0.2) is 114 Å². The maximum atomic E-state index is 13.8. The predicted molar refractivity (Wildman–Crippen MR) is 260 cm³/mol. The first-order valence-corrected chi connectivity index (χ1v) is 23.6. The summed E-state index contributed by atoms with van der Waals surface area (Å²) in [5.74, 6) is 0. The van der Waals surface area contributed by atoms with E-state index in [2.05, 4.69) is 48.0 Å². The second kappa shape index (κ2) is 53.4. The van der Waals surface area contributed by atoms with Gasteiger partial charge in [-0.2, -0.15) is 0 Å². The van der Waals surface area contributed by atoms with E-state index in [9.17, 15) is 9.13 Å². The molecule has 20 heteroatoms. The largest absolute Gasteiger partial charge is 0.331 e. The van der Waals surface area contributed by atoms with Crippen LogP contribution in [0.2, 0.25) is 0 Å². The molecule has 2 unspecified atom stereocenters. The topological polar surface area (TPSA) is 182 Å². The average Bonchev–Trinajstić information content (AvgIpc) is 3.13. The number of nitrogens with zero attached hydrogens (tertiary/aromatic N) is 2. The van der Waals surface area contributed by atoms with Crippen molar-refractivity contribution in [3.63, 3.8) is 0 Å². The lowest BCUT2D eigenvalue weighted by atomic mass is 10.2. The summed E-state index contributed by atoms with van der Waals surface area (Å²) in [5.41, 5.74) is 23.0. The molecule has 0 bridgehead atoms. The summed E-state index contributed by atoms with van der Waals surface area (Å²) in [6.45, 7) is 12.7. The number of rotatable bonds is 40. The molecule has 0 fully saturated rings. The zero-order valence-electron chi connectivity index (χ0n) is 35.2. The minimum Gasteiger partial charge on any atom is -0.330 e. The zero-order chi connectivity index (χ0) is 37.7. The van der Waals surface area contributed by atoms with Crippen molar-refractivity contribution >= 4 is 89.6 Å². The molecule has 352 valence electrons. The SMILES string of the molecule is CCCC/C=C\CCOP(=O)(CCN(CCCN)CCCN)OCCCCCOP(=O)(CCN(CCCN)CCCN)OCC/C=C\CCCC.Cl.Cl.Cl.Cl.Cl.Cl. The van der Waals surface area contributed by atoms with Crippen molar-refractivity contribution in [1.82, 2.24) is 9.80 Å². The van der Waals surface area contributed by atoms with Crippen molar-refractivity contribution < 1.29 is 27.2 Å². The molecule has 0 spiro atoms. The van der Waals surface area contributed by atoms with Gasteiger partial charge in [-0.3, -0.25) is 9.13 Å². The molecule has 0 aromatic rings. The molecular formula is C37H86Cl6N6O6P2. The van der Waals surface area contributed by atoms with Crippen molar-refractivity contribution in [2.45, 2.75) is 110 Å². The number of unbranched alkanes of at least 4 members (excludes halogenated alkanes) is 6. The van der Waals surface area contributed by atoms with Gasteiger partial charge in [-0.25, -0.2) is 0 Å². The van der Waals surface area contributed by atoms with E-state index in [1.54, 1.807) is 0 Å². The first kappa shape index (κ1) is 72.7. The molecule has 0 aromatic heterocycles. The van der Waals surface area contributed by atoms with Gasteiger partial charge in [0, 0.05) is 13.1 Å². The lowest BCUT2D eigenvalue weighted by Gasteiger charge is -2.25. The van der Waals surface area contributed by atoms with Crippen LogP contribution < -0.4 is 22.9 Å². The number of allylic oxidation sites excluding steroid dienone is 2. The molecule has 0 aliphatic rings. The van der Waals surface area contributed by atoms with Crippen LogP contribution in [0.1, 0.15) is 110 Å². The van der Waals surface area contributed by atoms with Gasteiger partial charge < -0.3 is 50.8 Å². The van der Waals surface area contributed by atoms with Crippen molar-refractivity contribution in [2.75, 3.05) is 104 Å². The third-order valence-corrected chi connectivity index (χ3v) is 12.2. The molecule has 0 aromatic carbocycles. The van der Waals surface area contributed by atoms with E-state index in [0.717, 1.165) is 96.8 Å². The molecule has 0 saturated carbocycles. The summed E-state index contributed by atoms with van der Waals surface area (Å²) in [6.07, 6.45) is 23.0. The Hall–Kier alpha value is 1.28. The molecule has 0 amide bonds. The highest BCUT2D eigenvalue weighted by Crippen LogP contribution is 2.49. The predicted octanol–water partition coefficient (Wildman–Crippen LogP) is 9.41. The third-order valence-electron chi connectivity index (χ3n) is 8.39. The van der Waals surface area contributed by atoms with E-state index in [0.29, 0.717) is 104 Å². The summed E-state index contributed by atoms with van der Waals surface area (Å²) in [5, 5.41) is 0. The molecule has 8 N–H and O–H groups in total. The van der Waals surface area contributed by atoms with Crippen molar-refractivity contribution in [1.29, 1.82) is 0 Å². The first-order valence-electron chi connectivity index (χ1n) is 20.1. The summed E-state index contributed by atoms with van der Waals surface area (Å²) in [6, 6.07) is 0. The van der Waals surface area contributed by atoms with Crippen LogP contribution in [-0.2, 0) is 27.2 Å². The Kier molecular flexibility index (Phi) is 68.1. The highest BCUT2D eigenvalue weighted by atomic mass is 35.5. The van der Waals surface area contributed by atoms with Gasteiger partial charge >= 0.3 is 15.2 Å².